The third kappa shape index (κ3) is 4.86. The minimum absolute atomic E-state index is 0.0133. The van der Waals surface area contributed by atoms with Crippen molar-refractivity contribution in [2.75, 3.05) is 0 Å². The molecule has 6 rings (SSSR count). The van der Waals surface area contributed by atoms with Crippen LogP contribution in [0.15, 0.2) is 65.4 Å². The zero-order valence-electron chi connectivity index (χ0n) is 20.1. The second-order valence-corrected chi connectivity index (χ2v) is 9.40. The van der Waals surface area contributed by atoms with Crippen LogP contribution in [0.25, 0.3) is 22.6 Å². The molecule has 1 atom stereocenters. The van der Waals surface area contributed by atoms with E-state index in [0.717, 1.165) is 25.3 Å². The molecule has 3 heterocycles. The van der Waals surface area contributed by atoms with Crippen LogP contribution in [0.5, 0.6) is 0 Å². The summed E-state index contributed by atoms with van der Waals surface area (Å²) < 4.78 is 86.4. The van der Waals surface area contributed by atoms with E-state index < -0.39 is 29.0 Å². The van der Waals surface area contributed by atoms with E-state index >= 15 is 0 Å². The molecule has 0 spiro atoms. The molecule has 0 bridgehead atoms. The van der Waals surface area contributed by atoms with Crippen LogP contribution in [-0.2, 0) is 25.3 Å². The number of halogens is 6. The third-order valence-electron chi connectivity index (χ3n) is 6.82. The first-order valence-corrected chi connectivity index (χ1v) is 12.1. The van der Waals surface area contributed by atoms with E-state index in [1.807, 2.05) is 12.1 Å². The van der Waals surface area contributed by atoms with Gasteiger partial charge in [-0.3, -0.25) is 4.68 Å². The maximum atomic E-state index is 13.6. The summed E-state index contributed by atoms with van der Waals surface area (Å²) in [4.78, 5) is 9.40. The van der Waals surface area contributed by atoms with Crippen molar-refractivity contribution < 1.29 is 30.9 Å². The lowest BCUT2D eigenvalue weighted by atomic mass is 9.82. The number of hydrogen-bond donors (Lipinski definition) is 0. The molecule has 3 aliphatic rings. The largest absolute Gasteiger partial charge is 0.417 e. The summed E-state index contributed by atoms with van der Waals surface area (Å²) in [5.74, 6) is 0.954. The molecule has 2 aliphatic heterocycles. The molecule has 0 N–H and O–H groups in total. The maximum absolute atomic E-state index is 13.6. The lowest BCUT2D eigenvalue weighted by molar-refractivity contribution is -0.142. The molecule has 2 aromatic carbocycles. The van der Waals surface area contributed by atoms with Gasteiger partial charge in [-0.2, -0.15) is 31.4 Å². The van der Waals surface area contributed by atoms with E-state index in [1.165, 1.54) is 21.9 Å². The molecule has 0 fully saturated rings. The molecule has 39 heavy (non-hydrogen) atoms. The first-order chi connectivity index (χ1) is 18.6. The summed E-state index contributed by atoms with van der Waals surface area (Å²) in [6.45, 7) is 0.0133. The Bertz CT molecular complexity index is 1620. The second-order valence-electron chi connectivity index (χ2n) is 9.40. The highest BCUT2D eigenvalue weighted by Gasteiger charge is 2.39. The highest BCUT2D eigenvalue weighted by molar-refractivity contribution is 5.65. The Hall–Kier alpha value is -4.22. The minimum atomic E-state index is -5.02. The Labute approximate surface area is 217 Å². The number of aromatic nitrogens is 5. The van der Waals surface area contributed by atoms with Crippen LogP contribution in [0.2, 0.25) is 0 Å². The summed E-state index contributed by atoms with van der Waals surface area (Å²) in [7, 11) is 0. The van der Waals surface area contributed by atoms with Crippen LogP contribution in [-0.4, -0.2) is 24.9 Å². The van der Waals surface area contributed by atoms with E-state index in [4.69, 9.17) is 9.51 Å². The monoisotopic (exact) mass is 543 g/mol. The molecular weight excluding hydrogens is 524 g/mol. The van der Waals surface area contributed by atoms with Gasteiger partial charge in [-0.05, 0) is 42.5 Å². The van der Waals surface area contributed by atoms with Crippen molar-refractivity contribution in [3.8, 4) is 22.6 Å². The van der Waals surface area contributed by atoms with Crippen LogP contribution >= 0.6 is 0 Å². The van der Waals surface area contributed by atoms with Crippen molar-refractivity contribution in [1.29, 1.82) is 0 Å². The molecule has 1 aliphatic carbocycles. The molecule has 0 saturated carbocycles. The van der Waals surface area contributed by atoms with Gasteiger partial charge in [0, 0.05) is 17.5 Å². The van der Waals surface area contributed by atoms with Gasteiger partial charge >= 0.3 is 12.4 Å². The lowest BCUT2D eigenvalue weighted by Gasteiger charge is -2.23. The number of hydrogen-bond acceptors (Lipinski definition) is 5. The average molecular weight is 543 g/mol. The number of fused-ring (bicyclic) bond motifs is 2. The van der Waals surface area contributed by atoms with Gasteiger partial charge < -0.3 is 4.52 Å². The highest BCUT2D eigenvalue weighted by Crippen LogP contribution is 2.41. The standard InChI is InChI=1S/C27H19F6N5O/c28-26(29,30)16-8-9-20(21(10-16)27(31,32)33)22-11-17(39-37-22)13-38-14-24-23(12-34-38)35-25(36-24)19-7-3-5-15-4-1-2-6-18(15)19/h1-2,4,6,8-12,14,19H,3,5,7,13H2. The van der Waals surface area contributed by atoms with Crippen molar-refractivity contribution in [2.24, 2.45) is 0 Å². The molecule has 6 nitrogen and oxygen atoms in total. The Morgan fingerprint density at radius 2 is 1.69 bits per heavy atom. The van der Waals surface area contributed by atoms with Gasteiger partial charge in [-0.15, -0.1) is 0 Å². The second kappa shape index (κ2) is 9.21. The summed E-state index contributed by atoms with van der Waals surface area (Å²) in [6.07, 6.45) is -3.75. The fourth-order valence-electron chi connectivity index (χ4n) is 5.00. The normalized spacial score (nSPS) is 16.0. The zero-order chi connectivity index (χ0) is 27.4. The molecule has 3 aromatic rings. The summed E-state index contributed by atoms with van der Waals surface area (Å²) in [5.41, 5.74) is 0.119. The molecule has 0 saturated heterocycles. The van der Waals surface area contributed by atoms with Crippen molar-refractivity contribution >= 4 is 0 Å². The zero-order valence-corrected chi connectivity index (χ0v) is 20.1. The van der Waals surface area contributed by atoms with E-state index in [-0.39, 0.29) is 30.0 Å². The van der Waals surface area contributed by atoms with E-state index in [2.05, 4.69) is 27.4 Å². The number of imidazole rings is 1. The predicted molar refractivity (Wildman–Crippen MR) is 127 cm³/mol. The van der Waals surface area contributed by atoms with Crippen LogP contribution in [0.1, 0.15) is 52.6 Å². The topological polar surface area (TPSA) is 69.6 Å². The molecule has 0 radical (unpaired) electrons. The van der Waals surface area contributed by atoms with Crippen molar-refractivity contribution in [3.63, 3.8) is 0 Å². The Balaban J connectivity index is 1.27. The number of nitrogens with zero attached hydrogens (tertiary/aromatic N) is 5. The number of rotatable bonds is 4. The Morgan fingerprint density at radius 3 is 2.49 bits per heavy atom. The third-order valence-corrected chi connectivity index (χ3v) is 6.82. The number of benzene rings is 2. The smallest absolute Gasteiger partial charge is 0.359 e. The minimum Gasteiger partial charge on any atom is -0.359 e. The Kier molecular flexibility index (Phi) is 5.92. The SMILES string of the molecule is FC(F)(F)c1ccc(-c2cc(Cn3cc4nc(C5CCCc6ccccc65)nc-4cn3)on2)c(C(F)(F)F)c1. The van der Waals surface area contributed by atoms with Gasteiger partial charge in [-0.25, -0.2) is 9.97 Å². The van der Waals surface area contributed by atoms with E-state index in [9.17, 15) is 26.3 Å². The van der Waals surface area contributed by atoms with E-state index in [1.54, 1.807) is 12.4 Å². The average Bonchev–Trinajstić information content (AvgIpc) is 3.54. The van der Waals surface area contributed by atoms with E-state index in [0.29, 0.717) is 23.3 Å². The van der Waals surface area contributed by atoms with Crippen molar-refractivity contribution in [3.05, 3.63) is 94.8 Å². The molecule has 1 aromatic heterocycles. The first-order valence-electron chi connectivity index (χ1n) is 12.1. The first kappa shape index (κ1) is 25.1. The predicted octanol–water partition coefficient (Wildman–Crippen LogP) is 6.99. The molecular formula is C27H19F6N5O. The van der Waals surface area contributed by atoms with Gasteiger partial charge in [0.1, 0.15) is 29.5 Å². The van der Waals surface area contributed by atoms with Crippen LogP contribution < -0.4 is 0 Å². The van der Waals surface area contributed by atoms with Gasteiger partial charge in [0.2, 0.25) is 0 Å². The summed E-state index contributed by atoms with van der Waals surface area (Å²) in [5, 5.41) is 7.98. The molecule has 200 valence electrons. The van der Waals surface area contributed by atoms with Gasteiger partial charge in [0.25, 0.3) is 0 Å². The molecule has 0 amide bonds. The quantitative estimate of drug-likeness (QED) is 0.229. The molecule has 12 heteroatoms. The van der Waals surface area contributed by atoms with Gasteiger partial charge in [0.15, 0.2) is 5.76 Å². The fourth-order valence-corrected chi connectivity index (χ4v) is 5.00. The van der Waals surface area contributed by atoms with Gasteiger partial charge in [-0.1, -0.05) is 35.5 Å². The van der Waals surface area contributed by atoms with Crippen LogP contribution in [0.4, 0.5) is 26.3 Å². The Morgan fingerprint density at radius 1 is 0.897 bits per heavy atom. The van der Waals surface area contributed by atoms with Gasteiger partial charge in [0.05, 0.1) is 23.5 Å². The van der Waals surface area contributed by atoms with Crippen LogP contribution in [0, 0.1) is 0 Å². The lowest BCUT2D eigenvalue weighted by Crippen LogP contribution is -2.12. The van der Waals surface area contributed by atoms with Crippen molar-refractivity contribution in [1.82, 2.24) is 24.9 Å². The highest BCUT2D eigenvalue weighted by atomic mass is 19.4. The van der Waals surface area contributed by atoms with Crippen molar-refractivity contribution in [2.45, 2.75) is 44.1 Å². The summed E-state index contributed by atoms with van der Waals surface area (Å²) in [6, 6.07) is 10.9. The van der Waals surface area contributed by atoms with Crippen LogP contribution in [0.3, 0.4) is 0 Å². The number of aryl methyl sites for hydroxylation is 1. The summed E-state index contributed by atoms with van der Waals surface area (Å²) >= 11 is 0. The fraction of sp³-hybridized carbons (Fsp3) is 0.259. The molecule has 1 unspecified atom stereocenters. The maximum Gasteiger partial charge on any atom is 0.417 e. The number of alkyl halides is 6.